The summed E-state index contributed by atoms with van der Waals surface area (Å²) in [5, 5.41) is 4.51. The molecule has 0 radical (unpaired) electrons. The topological polar surface area (TPSA) is 42.8 Å². The molecular weight excluding hydrogens is 596 g/mol. The van der Waals surface area contributed by atoms with Crippen molar-refractivity contribution in [2.75, 3.05) is 11.9 Å². The second-order valence-corrected chi connectivity index (χ2v) is 11.9. The average molecular weight is 628 g/mol. The van der Waals surface area contributed by atoms with Crippen LogP contribution in [0.3, 0.4) is 0 Å². The van der Waals surface area contributed by atoms with E-state index in [4.69, 9.17) is 26.1 Å². The fourth-order valence-corrected chi connectivity index (χ4v) is 6.60. The minimum Gasteiger partial charge on any atom is -0.490 e. The number of halogens is 2. The van der Waals surface area contributed by atoms with Crippen LogP contribution in [0.2, 0.25) is 5.02 Å². The molecule has 0 fully saturated rings. The van der Waals surface area contributed by atoms with Crippen molar-refractivity contribution in [2.24, 2.45) is 10.9 Å². The first-order valence-electron chi connectivity index (χ1n) is 14.0. The number of rotatable bonds is 8. The van der Waals surface area contributed by atoms with Crippen LogP contribution >= 0.6 is 27.5 Å². The van der Waals surface area contributed by atoms with Crippen LogP contribution < -0.4 is 14.8 Å². The molecule has 4 nitrogen and oxygen atoms in total. The fourth-order valence-electron chi connectivity index (χ4n) is 5.81. The second-order valence-electron chi connectivity index (χ2n) is 10.6. The number of hydrogen-bond donors (Lipinski definition) is 1. The van der Waals surface area contributed by atoms with Crippen molar-refractivity contribution < 1.29 is 9.47 Å². The summed E-state index contributed by atoms with van der Waals surface area (Å²) in [4.78, 5) is 4.76. The number of benzene rings is 4. The Bertz CT molecular complexity index is 1620. The predicted octanol–water partition coefficient (Wildman–Crippen LogP) is 9.97. The molecule has 1 N–H and O–H groups in total. The van der Waals surface area contributed by atoms with Gasteiger partial charge in [-0.2, -0.15) is 0 Å². The smallest absolute Gasteiger partial charge is 0.175 e. The van der Waals surface area contributed by atoms with Gasteiger partial charge in [-0.3, -0.25) is 4.99 Å². The van der Waals surface area contributed by atoms with Crippen LogP contribution in [0.4, 0.5) is 11.4 Å². The molecule has 0 bridgehead atoms. The highest BCUT2D eigenvalue weighted by molar-refractivity contribution is 9.10. The molecule has 1 aliphatic carbocycles. The molecule has 1 heterocycles. The molecular formula is C35H32BrClN2O2. The molecule has 0 aromatic heterocycles. The van der Waals surface area contributed by atoms with E-state index in [1.807, 2.05) is 49.5 Å². The van der Waals surface area contributed by atoms with Gasteiger partial charge in [-0.25, -0.2) is 0 Å². The molecule has 41 heavy (non-hydrogen) atoms. The Balaban J connectivity index is 1.18. The third-order valence-corrected chi connectivity index (χ3v) is 8.56. The lowest BCUT2D eigenvalue weighted by atomic mass is 9.76. The zero-order chi connectivity index (χ0) is 28.3. The summed E-state index contributed by atoms with van der Waals surface area (Å²) in [7, 11) is 0. The molecule has 0 saturated heterocycles. The predicted molar refractivity (Wildman–Crippen MR) is 172 cm³/mol. The van der Waals surface area contributed by atoms with Crippen molar-refractivity contribution in [1.29, 1.82) is 0 Å². The van der Waals surface area contributed by atoms with Gasteiger partial charge in [0, 0.05) is 22.8 Å². The van der Waals surface area contributed by atoms with Gasteiger partial charge in [0.2, 0.25) is 0 Å². The molecule has 6 heteroatoms. The zero-order valence-electron chi connectivity index (χ0n) is 23.1. The minimum atomic E-state index is 0.271. The first-order valence-corrected chi connectivity index (χ1v) is 15.2. The lowest BCUT2D eigenvalue weighted by Crippen LogP contribution is -2.29. The third kappa shape index (κ3) is 6.07. The molecule has 2 aliphatic rings. The number of fused-ring (bicyclic) bond motifs is 3. The summed E-state index contributed by atoms with van der Waals surface area (Å²) in [5.74, 6) is 2.31. The van der Waals surface area contributed by atoms with E-state index in [0.717, 1.165) is 27.7 Å². The van der Waals surface area contributed by atoms with Crippen LogP contribution in [0.15, 0.2) is 100 Å². The first kappa shape index (κ1) is 27.6. The maximum atomic E-state index is 6.13. The Kier molecular flexibility index (Phi) is 8.18. The van der Waals surface area contributed by atoms with Gasteiger partial charge in [-0.15, -0.1) is 0 Å². The van der Waals surface area contributed by atoms with Crippen LogP contribution in [0.5, 0.6) is 11.5 Å². The number of nitrogens with one attached hydrogen (secondary N) is 1. The molecule has 3 atom stereocenters. The van der Waals surface area contributed by atoms with Crippen molar-refractivity contribution in [3.05, 3.63) is 128 Å². The number of anilines is 1. The van der Waals surface area contributed by atoms with Gasteiger partial charge < -0.3 is 14.8 Å². The maximum absolute atomic E-state index is 6.13. The van der Waals surface area contributed by atoms with Gasteiger partial charge in [0.15, 0.2) is 11.5 Å². The number of aryl methyl sites for hydroxylation is 1. The molecule has 208 valence electrons. The summed E-state index contributed by atoms with van der Waals surface area (Å²) < 4.78 is 12.8. The van der Waals surface area contributed by atoms with E-state index in [9.17, 15) is 0 Å². The number of ether oxygens (including phenoxy) is 2. The number of aliphatic imine (C=N–C) groups is 1. The molecule has 6 rings (SSSR count). The standard InChI is InChI=1S/C35H32BrClN2O2/c1-3-40-33-19-24(18-31(36)35(33)41-21-23-6-4-7-26(37)17-23)20-38-27-13-11-25(12-14-27)34-29-9-5-8-28(29)30-16-22(2)10-15-32(30)39-34/h4-8,10-20,28-29,34,39H,3,9,21H2,1-2H3/t28-,29+,34-/m0/s1. The second kappa shape index (κ2) is 12.1. The fraction of sp³-hybridized carbons (Fsp3) is 0.229. The van der Waals surface area contributed by atoms with E-state index in [-0.39, 0.29) is 6.04 Å². The van der Waals surface area contributed by atoms with Gasteiger partial charge in [0.05, 0.1) is 22.8 Å². The van der Waals surface area contributed by atoms with Crippen molar-refractivity contribution in [3.8, 4) is 11.5 Å². The van der Waals surface area contributed by atoms with E-state index in [0.29, 0.717) is 41.6 Å². The lowest BCUT2D eigenvalue weighted by molar-refractivity contribution is 0.267. The molecule has 4 aromatic carbocycles. The number of allylic oxidation sites excluding steroid dienone is 2. The summed E-state index contributed by atoms with van der Waals surface area (Å²) in [6.45, 7) is 5.04. The first-order chi connectivity index (χ1) is 20.0. The number of nitrogens with zero attached hydrogens (tertiary/aromatic N) is 1. The minimum absolute atomic E-state index is 0.271. The van der Waals surface area contributed by atoms with Gasteiger partial charge in [0.1, 0.15) is 6.61 Å². The largest absolute Gasteiger partial charge is 0.490 e. The summed E-state index contributed by atoms with van der Waals surface area (Å²) in [5.41, 5.74) is 8.06. The molecule has 0 unspecified atom stereocenters. The van der Waals surface area contributed by atoms with Gasteiger partial charge in [0.25, 0.3) is 0 Å². The van der Waals surface area contributed by atoms with E-state index in [1.165, 1.54) is 22.4 Å². The Morgan fingerprint density at radius 3 is 2.68 bits per heavy atom. The van der Waals surface area contributed by atoms with Gasteiger partial charge in [-0.1, -0.05) is 65.7 Å². The van der Waals surface area contributed by atoms with Crippen LogP contribution in [0, 0.1) is 12.8 Å². The van der Waals surface area contributed by atoms with Crippen LogP contribution in [-0.4, -0.2) is 12.8 Å². The van der Waals surface area contributed by atoms with Crippen LogP contribution in [-0.2, 0) is 6.61 Å². The summed E-state index contributed by atoms with van der Waals surface area (Å²) in [6, 6.07) is 27.2. The SMILES string of the molecule is CCOc1cc(C=Nc2ccc([C@@H]3Nc4ccc(C)cc4[C@H]4C=CC[C@H]43)cc2)cc(Br)c1OCc1cccc(Cl)c1. The molecule has 0 saturated carbocycles. The van der Waals surface area contributed by atoms with Crippen molar-refractivity contribution in [3.63, 3.8) is 0 Å². The Hall–Kier alpha value is -3.54. The molecule has 1 aliphatic heterocycles. The quantitative estimate of drug-likeness (QED) is 0.156. The van der Waals surface area contributed by atoms with Crippen molar-refractivity contribution >= 4 is 45.1 Å². The molecule has 0 spiro atoms. The molecule has 0 amide bonds. The third-order valence-electron chi connectivity index (χ3n) is 7.74. The summed E-state index contributed by atoms with van der Waals surface area (Å²) >= 11 is 9.80. The van der Waals surface area contributed by atoms with Crippen molar-refractivity contribution in [2.45, 2.75) is 38.8 Å². The van der Waals surface area contributed by atoms with Gasteiger partial charge >= 0.3 is 0 Å². The lowest BCUT2D eigenvalue weighted by Gasteiger charge is -2.37. The van der Waals surface area contributed by atoms with E-state index < -0.39 is 0 Å². The number of hydrogen-bond acceptors (Lipinski definition) is 4. The average Bonchev–Trinajstić information content (AvgIpc) is 3.46. The maximum Gasteiger partial charge on any atom is 0.175 e. The van der Waals surface area contributed by atoms with Crippen molar-refractivity contribution in [1.82, 2.24) is 0 Å². The Labute approximate surface area is 255 Å². The zero-order valence-corrected chi connectivity index (χ0v) is 25.5. The summed E-state index contributed by atoms with van der Waals surface area (Å²) in [6.07, 6.45) is 7.67. The monoisotopic (exact) mass is 626 g/mol. The highest BCUT2D eigenvalue weighted by Crippen LogP contribution is 2.50. The Morgan fingerprint density at radius 1 is 1.02 bits per heavy atom. The normalized spacial score (nSPS) is 19.1. The Morgan fingerprint density at radius 2 is 1.88 bits per heavy atom. The highest BCUT2D eigenvalue weighted by Gasteiger charge is 2.37. The molecule has 4 aromatic rings. The van der Waals surface area contributed by atoms with Gasteiger partial charge in [-0.05, 0) is 107 Å². The van der Waals surface area contributed by atoms with E-state index >= 15 is 0 Å². The highest BCUT2D eigenvalue weighted by atomic mass is 79.9. The van der Waals surface area contributed by atoms with E-state index in [2.05, 4.69) is 82.8 Å². The van der Waals surface area contributed by atoms with E-state index in [1.54, 1.807) is 0 Å². The van der Waals surface area contributed by atoms with Crippen LogP contribution in [0.1, 0.15) is 53.1 Å². The van der Waals surface area contributed by atoms with Crippen LogP contribution in [0.25, 0.3) is 0 Å².